The van der Waals surface area contributed by atoms with Crippen molar-refractivity contribution in [3.8, 4) is 0 Å². The summed E-state index contributed by atoms with van der Waals surface area (Å²) < 4.78 is 5.76. The van der Waals surface area contributed by atoms with Gasteiger partial charge in [0.15, 0.2) is 0 Å². The molecule has 0 aliphatic carbocycles. The molecule has 0 saturated carbocycles. The van der Waals surface area contributed by atoms with Crippen LogP contribution in [-0.2, 0) is 11.3 Å². The predicted octanol–water partition coefficient (Wildman–Crippen LogP) is 1.10. The standard InChI is InChI=1S/C12H18ClN3O2/c1-12(2)8-16(6-10(7-17)18-12)5-9-3-15-11(13)4-14-9/h3-4,10,17H,5-8H2,1-2H3. The first-order valence-corrected chi connectivity index (χ1v) is 6.34. The van der Waals surface area contributed by atoms with Gasteiger partial charge < -0.3 is 9.84 Å². The van der Waals surface area contributed by atoms with Gasteiger partial charge in [-0.15, -0.1) is 0 Å². The molecule has 0 radical (unpaired) electrons. The van der Waals surface area contributed by atoms with E-state index in [1.54, 1.807) is 12.4 Å². The third-order valence-electron chi connectivity index (χ3n) is 2.81. The van der Waals surface area contributed by atoms with Crippen molar-refractivity contribution < 1.29 is 9.84 Å². The molecule has 1 N–H and O–H groups in total. The third-order valence-corrected chi connectivity index (χ3v) is 3.01. The second-order valence-electron chi connectivity index (χ2n) is 5.18. The Morgan fingerprint density at radius 1 is 1.50 bits per heavy atom. The SMILES string of the molecule is CC1(C)CN(Cc2cnc(Cl)cn2)CC(CO)O1. The molecule has 0 amide bonds. The normalized spacial score (nSPS) is 24.1. The third kappa shape index (κ3) is 3.62. The molecule has 1 saturated heterocycles. The predicted molar refractivity (Wildman–Crippen MR) is 68.4 cm³/mol. The maximum absolute atomic E-state index is 9.25. The lowest BCUT2D eigenvalue weighted by Gasteiger charge is -2.42. The highest BCUT2D eigenvalue weighted by Crippen LogP contribution is 2.21. The van der Waals surface area contributed by atoms with Crippen molar-refractivity contribution in [1.29, 1.82) is 0 Å². The second kappa shape index (κ2) is 5.48. The van der Waals surface area contributed by atoms with Crippen LogP contribution in [0.3, 0.4) is 0 Å². The Kier molecular flexibility index (Phi) is 4.17. The second-order valence-corrected chi connectivity index (χ2v) is 5.57. The van der Waals surface area contributed by atoms with Crippen molar-refractivity contribution in [2.24, 2.45) is 0 Å². The summed E-state index contributed by atoms with van der Waals surface area (Å²) in [5.41, 5.74) is 0.611. The molecule has 0 spiro atoms. The van der Waals surface area contributed by atoms with Gasteiger partial charge >= 0.3 is 0 Å². The van der Waals surface area contributed by atoms with E-state index in [1.165, 1.54) is 0 Å². The molecule has 1 aromatic heterocycles. The Balaban J connectivity index is 2.02. The van der Waals surface area contributed by atoms with Crippen LogP contribution in [0, 0.1) is 0 Å². The fraction of sp³-hybridized carbons (Fsp3) is 0.667. The summed E-state index contributed by atoms with van der Waals surface area (Å²) in [6, 6.07) is 0. The van der Waals surface area contributed by atoms with Crippen LogP contribution in [0.4, 0.5) is 0 Å². The molecule has 2 rings (SSSR count). The van der Waals surface area contributed by atoms with Gasteiger partial charge in [-0.2, -0.15) is 0 Å². The molecular formula is C12H18ClN3O2. The molecule has 1 aliphatic rings. The van der Waals surface area contributed by atoms with Crippen LogP contribution in [0.15, 0.2) is 12.4 Å². The van der Waals surface area contributed by atoms with Gasteiger partial charge in [-0.3, -0.25) is 9.88 Å². The molecule has 18 heavy (non-hydrogen) atoms. The van der Waals surface area contributed by atoms with Crippen LogP contribution in [0.5, 0.6) is 0 Å². The first-order chi connectivity index (χ1) is 8.48. The van der Waals surface area contributed by atoms with Gasteiger partial charge in [-0.05, 0) is 13.8 Å². The molecule has 0 aromatic carbocycles. The molecule has 1 atom stereocenters. The van der Waals surface area contributed by atoms with Crippen LogP contribution >= 0.6 is 11.6 Å². The minimum atomic E-state index is -0.258. The fourth-order valence-electron chi connectivity index (χ4n) is 2.28. The molecule has 1 unspecified atom stereocenters. The molecule has 6 heteroatoms. The quantitative estimate of drug-likeness (QED) is 0.892. The van der Waals surface area contributed by atoms with Crippen molar-refractivity contribution >= 4 is 11.6 Å². The van der Waals surface area contributed by atoms with E-state index in [2.05, 4.69) is 14.9 Å². The van der Waals surface area contributed by atoms with Crippen molar-refractivity contribution in [2.45, 2.75) is 32.1 Å². The number of aliphatic hydroxyl groups is 1. The Morgan fingerprint density at radius 3 is 2.89 bits per heavy atom. The average Bonchev–Trinajstić information content (AvgIpc) is 2.30. The Morgan fingerprint density at radius 2 is 2.28 bits per heavy atom. The van der Waals surface area contributed by atoms with Crippen molar-refractivity contribution in [3.05, 3.63) is 23.2 Å². The fourth-order valence-corrected chi connectivity index (χ4v) is 2.38. The highest BCUT2D eigenvalue weighted by molar-refractivity contribution is 6.29. The molecule has 1 aromatic rings. The van der Waals surface area contributed by atoms with E-state index in [4.69, 9.17) is 16.3 Å². The summed E-state index contributed by atoms with van der Waals surface area (Å²) in [6.07, 6.45) is 3.08. The van der Waals surface area contributed by atoms with E-state index in [9.17, 15) is 5.11 Å². The monoisotopic (exact) mass is 271 g/mol. The van der Waals surface area contributed by atoms with Gasteiger partial charge in [0.25, 0.3) is 0 Å². The van der Waals surface area contributed by atoms with Gasteiger partial charge in [0.1, 0.15) is 5.15 Å². The van der Waals surface area contributed by atoms with Gasteiger partial charge in [0.05, 0.1) is 36.4 Å². The number of aromatic nitrogens is 2. The van der Waals surface area contributed by atoms with E-state index in [0.29, 0.717) is 18.2 Å². The highest BCUT2D eigenvalue weighted by atomic mass is 35.5. The van der Waals surface area contributed by atoms with Gasteiger partial charge in [0.2, 0.25) is 0 Å². The minimum absolute atomic E-state index is 0.0340. The molecule has 1 fully saturated rings. The topological polar surface area (TPSA) is 58.5 Å². The largest absolute Gasteiger partial charge is 0.394 e. The van der Waals surface area contributed by atoms with Gasteiger partial charge in [-0.1, -0.05) is 11.6 Å². The zero-order chi connectivity index (χ0) is 13.2. The summed E-state index contributed by atoms with van der Waals surface area (Å²) in [5.74, 6) is 0. The highest BCUT2D eigenvalue weighted by Gasteiger charge is 2.33. The average molecular weight is 272 g/mol. The smallest absolute Gasteiger partial charge is 0.147 e. The molecular weight excluding hydrogens is 254 g/mol. The van der Waals surface area contributed by atoms with Crippen molar-refractivity contribution in [3.63, 3.8) is 0 Å². The van der Waals surface area contributed by atoms with Gasteiger partial charge in [0, 0.05) is 19.6 Å². The molecule has 5 nitrogen and oxygen atoms in total. The first kappa shape index (κ1) is 13.7. The zero-order valence-electron chi connectivity index (χ0n) is 10.6. The Labute approximate surface area is 112 Å². The summed E-state index contributed by atoms with van der Waals surface area (Å²) in [5, 5.41) is 9.64. The zero-order valence-corrected chi connectivity index (χ0v) is 11.4. The van der Waals surface area contributed by atoms with Crippen LogP contribution in [0.2, 0.25) is 5.15 Å². The molecule has 2 heterocycles. The summed E-state index contributed by atoms with van der Waals surface area (Å²) >= 11 is 5.71. The number of aliphatic hydroxyl groups excluding tert-OH is 1. The maximum Gasteiger partial charge on any atom is 0.147 e. The van der Waals surface area contributed by atoms with Gasteiger partial charge in [-0.25, -0.2) is 4.98 Å². The number of ether oxygens (including phenoxy) is 1. The summed E-state index contributed by atoms with van der Waals surface area (Å²) in [4.78, 5) is 10.5. The van der Waals surface area contributed by atoms with E-state index >= 15 is 0 Å². The summed E-state index contributed by atoms with van der Waals surface area (Å²) in [6.45, 7) is 6.27. The van der Waals surface area contributed by atoms with Crippen LogP contribution in [0.25, 0.3) is 0 Å². The van der Waals surface area contributed by atoms with E-state index in [0.717, 1.165) is 12.2 Å². The van der Waals surface area contributed by atoms with Crippen LogP contribution in [0.1, 0.15) is 19.5 Å². The number of hydrogen-bond donors (Lipinski definition) is 1. The minimum Gasteiger partial charge on any atom is -0.394 e. The lowest BCUT2D eigenvalue weighted by molar-refractivity contribution is -0.150. The van der Waals surface area contributed by atoms with E-state index in [-0.39, 0.29) is 18.3 Å². The lowest BCUT2D eigenvalue weighted by Crippen LogP contribution is -2.53. The molecule has 1 aliphatic heterocycles. The molecule has 100 valence electrons. The number of hydrogen-bond acceptors (Lipinski definition) is 5. The summed E-state index contributed by atoms with van der Waals surface area (Å²) in [7, 11) is 0. The van der Waals surface area contributed by atoms with Crippen LogP contribution < -0.4 is 0 Å². The van der Waals surface area contributed by atoms with Crippen molar-refractivity contribution in [1.82, 2.24) is 14.9 Å². The number of halogens is 1. The Bertz CT molecular complexity index is 397. The van der Waals surface area contributed by atoms with E-state index < -0.39 is 0 Å². The number of nitrogens with zero attached hydrogens (tertiary/aromatic N) is 3. The Hall–Kier alpha value is -0.750. The van der Waals surface area contributed by atoms with E-state index in [1.807, 2.05) is 13.8 Å². The maximum atomic E-state index is 9.25. The first-order valence-electron chi connectivity index (χ1n) is 5.96. The van der Waals surface area contributed by atoms with Crippen molar-refractivity contribution in [2.75, 3.05) is 19.7 Å². The van der Waals surface area contributed by atoms with Crippen LogP contribution in [-0.4, -0.2) is 51.4 Å². The number of morpholine rings is 1. The molecule has 0 bridgehead atoms. The lowest BCUT2D eigenvalue weighted by atomic mass is 10.1. The number of rotatable bonds is 3.